The summed E-state index contributed by atoms with van der Waals surface area (Å²) in [5.74, 6) is -1.76. The molecule has 2 N–H and O–H groups in total. The molecular formula is C10H10N6O4S. The maximum atomic E-state index is 11.8. The monoisotopic (exact) mass is 310 g/mol. The average molecular weight is 310 g/mol. The largest absolute Gasteiger partial charge is 0.477 e. The van der Waals surface area contributed by atoms with E-state index in [4.69, 9.17) is 5.11 Å². The van der Waals surface area contributed by atoms with Crippen LogP contribution in [-0.4, -0.2) is 58.7 Å². The number of thioether (sulfide) groups is 1. The highest BCUT2D eigenvalue weighted by Crippen LogP contribution is 2.39. The van der Waals surface area contributed by atoms with Crippen LogP contribution in [0.1, 0.15) is 6.42 Å². The third-order valence-corrected chi connectivity index (χ3v) is 4.24. The molecule has 2 atom stereocenters. The molecule has 2 aliphatic heterocycles. The van der Waals surface area contributed by atoms with E-state index in [2.05, 4.69) is 20.8 Å². The third kappa shape index (κ3) is 2.59. The van der Waals surface area contributed by atoms with E-state index in [1.807, 2.05) is 0 Å². The summed E-state index contributed by atoms with van der Waals surface area (Å²) < 4.78 is 1.25. The van der Waals surface area contributed by atoms with Crippen LogP contribution in [0.15, 0.2) is 18.1 Å². The first-order chi connectivity index (χ1) is 10.0. The van der Waals surface area contributed by atoms with E-state index in [-0.39, 0.29) is 35.9 Å². The quantitative estimate of drug-likeness (QED) is 0.635. The Labute approximate surface area is 122 Å². The van der Waals surface area contributed by atoms with E-state index in [9.17, 15) is 14.4 Å². The Balaban J connectivity index is 1.68. The SMILES string of the molecule is O=C(Cn1cnnn1)NC1C=C(C(=O)O)N2C(=O)C[C@H]2S1. The van der Waals surface area contributed by atoms with Gasteiger partial charge < -0.3 is 10.4 Å². The normalized spacial score (nSPS) is 23.9. The van der Waals surface area contributed by atoms with Gasteiger partial charge in [0.1, 0.15) is 18.6 Å². The lowest BCUT2D eigenvalue weighted by Gasteiger charge is -2.44. The van der Waals surface area contributed by atoms with Crippen molar-refractivity contribution in [2.45, 2.75) is 23.7 Å². The molecule has 11 heteroatoms. The van der Waals surface area contributed by atoms with Gasteiger partial charge in [0, 0.05) is 0 Å². The number of amides is 2. The van der Waals surface area contributed by atoms with Gasteiger partial charge in [0.05, 0.1) is 17.2 Å². The maximum Gasteiger partial charge on any atom is 0.352 e. The number of fused-ring (bicyclic) bond motifs is 1. The highest BCUT2D eigenvalue weighted by molar-refractivity contribution is 8.00. The Morgan fingerprint density at radius 3 is 2.95 bits per heavy atom. The zero-order chi connectivity index (χ0) is 15.0. The zero-order valence-corrected chi connectivity index (χ0v) is 11.4. The number of rotatable bonds is 4. The topological polar surface area (TPSA) is 130 Å². The number of β-lactam (4-membered cyclic amide) rings is 1. The predicted octanol–water partition coefficient (Wildman–Crippen LogP) is -1.61. The van der Waals surface area contributed by atoms with Crippen molar-refractivity contribution < 1.29 is 19.5 Å². The number of aromatic nitrogens is 4. The first-order valence-electron chi connectivity index (χ1n) is 5.97. The maximum absolute atomic E-state index is 11.8. The molecule has 1 fully saturated rings. The number of carbonyl (C=O) groups excluding carboxylic acids is 2. The first kappa shape index (κ1) is 13.5. The molecule has 0 bridgehead atoms. The lowest BCUT2D eigenvalue weighted by Crippen LogP contribution is -2.55. The molecule has 21 heavy (non-hydrogen) atoms. The van der Waals surface area contributed by atoms with Crippen molar-refractivity contribution in [1.82, 2.24) is 30.4 Å². The molecule has 0 spiro atoms. The van der Waals surface area contributed by atoms with Crippen LogP contribution in [0.2, 0.25) is 0 Å². The van der Waals surface area contributed by atoms with Crippen LogP contribution in [0.25, 0.3) is 0 Å². The molecule has 0 saturated carbocycles. The Morgan fingerprint density at radius 1 is 1.52 bits per heavy atom. The summed E-state index contributed by atoms with van der Waals surface area (Å²) >= 11 is 1.32. The Morgan fingerprint density at radius 2 is 2.33 bits per heavy atom. The summed E-state index contributed by atoms with van der Waals surface area (Å²) in [5.41, 5.74) is -0.0947. The lowest BCUT2D eigenvalue weighted by molar-refractivity contribution is -0.146. The number of carboxylic acid groups (broad SMARTS) is 1. The van der Waals surface area contributed by atoms with Crippen molar-refractivity contribution in [3.8, 4) is 0 Å². The van der Waals surface area contributed by atoms with Crippen molar-refractivity contribution in [3.05, 3.63) is 18.1 Å². The summed E-state index contributed by atoms with van der Waals surface area (Å²) in [4.78, 5) is 35.6. The summed E-state index contributed by atoms with van der Waals surface area (Å²) in [5, 5.41) is 21.4. The molecule has 10 nitrogen and oxygen atoms in total. The lowest BCUT2D eigenvalue weighted by atomic mass is 10.1. The highest BCUT2D eigenvalue weighted by atomic mass is 32.2. The fourth-order valence-corrected chi connectivity index (χ4v) is 3.41. The van der Waals surface area contributed by atoms with E-state index < -0.39 is 11.3 Å². The van der Waals surface area contributed by atoms with Gasteiger partial charge >= 0.3 is 5.97 Å². The summed E-state index contributed by atoms with van der Waals surface area (Å²) in [6.07, 6.45) is 2.94. The molecule has 2 aliphatic rings. The molecule has 0 aliphatic carbocycles. The van der Waals surface area contributed by atoms with E-state index >= 15 is 0 Å². The average Bonchev–Trinajstić information content (AvgIpc) is 2.89. The summed E-state index contributed by atoms with van der Waals surface area (Å²) in [6.45, 7) is -0.0619. The Hall–Kier alpha value is -2.43. The van der Waals surface area contributed by atoms with Gasteiger partial charge in [-0.05, 0) is 16.5 Å². The number of nitrogens with one attached hydrogen (secondary N) is 1. The molecule has 0 aromatic carbocycles. The molecule has 110 valence electrons. The van der Waals surface area contributed by atoms with Crippen LogP contribution >= 0.6 is 11.8 Å². The number of carbonyl (C=O) groups is 3. The fourth-order valence-electron chi connectivity index (χ4n) is 2.07. The fraction of sp³-hybridized carbons (Fsp3) is 0.400. The van der Waals surface area contributed by atoms with Crippen molar-refractivity contribution in [2.24, 2.45) is 0 Å². The summed E-state index contributed by atoms with van der Waals surface area (Å²) in [7, 11) is 0. The predicted molar refractivity (Wildman–Crippen MR) is 68.3 cm³/mol. The molecule has 1 unspecified atom stereocenters. The molecule has 3 heterocycles. The van der Waals surface area contributed by atoms with Crippen molar-refractivity contribution in [3.63, 3.8) is 0 Å². The van der Waals surface area contributed by atoms with Gasteiger partial charge in [-0.25, -0.2) is 9.48 Å². The second-order valence-electron chi connectivity index (χ2n) is 4.41. The second-order valence-corrected chi connectivity index (χ2v) is 5.74. The van der Waals surface area contributed by atoms with E-state index in [1.165, 1.54) is 33.7 Å². The molecule has 1 aromatic rings. The van der Waals surface area contributed by atoms with Gasteiger partial charge in [-0.3, -0.25) is 14.5 Å². The van der Waals surface area contributed by atoms with Gasteiger partial charge in [-0.1, -0.05) is 0 Å². The van der Waals surface area contributed by atoms with Crippen molar-refractivity contribution >= 4 is 29.5 Å². The Bertz CT molecular complexity index is 630. The minimum absolute atomic E-state index is 0.0619. The van der Waals surface area contributed by atoms with Gasteiger partial charge in [0.2, 0.25) is 11.8 Å². The number of carboxylic acids is 1. The van der Waals surface area contributed by atoms with Crippen molar-refractivity contribution in [2.75, 3.05) is 0 Å². The van der Waals surface area contributed by atoms with Crippen LogP contribution in [-0.2, 0) is 20.9 Å². The van der Waals surface area contributed by atoms with Gasteiger partial charge in [0.25, 0.3) is 0 Å². The van der Waals surface area contributed by atoms with E-state index in [0.717, 1.165) is 0 Å². The van der Waals surface area contributed by atoms with Crippen LogP contribution in [0, 0.1) is 0 Å². The number of tetrazole rings is 1. The summed E-state index contributed by atoms with van der Waals surface area (Å²) in [6, 6.07) is 0. The minimum Gasteiger partial charge on any atom is -0.477 e. The Kier molecular flexibility index (Phi) is 3.33. The highest BCUT2D eigenvalue weighted by Gasteiger charge is 2.45. The number of hydrogen-bond donors (Lipinski definition) is 2. The number of hydrogen-bond acceptors (Lipinski definition) is 7. The van der Waals surface area contributed by atoms with Gasteiger partial charge in [-0.15, -0.1) is 16.9 Å². The first-order valence-corrected chi connectivity index (χ1v) is 6.91. The van der Waals surface area contributed by atoms with Crippen LogP contribution < -0.4 is 5.32 Å². The molecular weight excluding hydrogens is 300 g/mol. The van der Waals surface area contributed by atoms with Crippen LogP contribution in [0.3, 0.4) is 0 Å². The standard InChI is InChI=1S/C10H10N6O4S/c17-6(3-15-4-11-13-14-15)12-7-1-5(10(19)20)16-8(18)2-9(16)21-7/h1,4,7,9H,2-3H2,(H,12,17)(H,19,20)/t7?,9-/m1/s1. The second kappa shape index (κ2) is 5.16. The molecule has 1 saturated heterocycles. The van der Waals surface area contributed by atoms with Gasteiger partial charge in [0.15, 0.2) is 0 Å². The molecule has 0 radical (unpaired) electrons. The number of aliphatic carboxylic acids is 1. The minimum atomic E-state index is -1.19. The molecule has 3 rings (SSSR count). The van der Waals surface area contributed by atoms with Crippen LogP contribution in [0.4, 0.5) is 0 Å². The van der Waals surface area contributed by atoms with E-state index in [1.54, 1.807) is 0 Å². The number of nitrogens with zero attached hydrogens (tertiary/aromatic N) is 5. The zero-order valence-electron chi connectivity index (χ0n) is 10.5. The van der Waals surface area contributed by atoms with Crippen molar-refractivity contribution in [1.29, 1.82) is 0 Å². The van der Waals surface area contributed by atoms with Gasteiger partial charge in [-0.2, -0.15) is 0 Å². The third-order valence-electron chi connectivity index (χ3n) is 3.00. The van der Waals surface area contributed by atoms with Crippen LogP contribution in [0.5, 0.6) is 0 Å². The smallest absolute Gasteiger partial charge is 0.352 e. The molecule has 2 amide bonds. The van der Waals surface area contributed by atoms with E-state index in [0.29, 0.717) is 0 Å². The molecule has 1 aromatic heterocycles.